The number of hydrogen-bond acceptors (Lipinski definition) is 4. The third-order valence-corrected chi connectivity index (χ3v) is 5.77. The SMILES string of the molecule is CC(C)(C)c1cc(NC(=O)/C=C/c2ccccc2Cl)n(-c2nc3c(c(=O)[nH]2)CCCC3)n1. The predicted molar refractivity (Wildman–Crippen MR) is 126 cm³/mol. The van der Waals surface area contributed by atoms with Crippen LogP contribution in [0.3, 0.4) is 0 Å². The topological polar surface area (TPSA) is 92.7 Å². The Kier molecular flexibility index (Phi) is 6.02. The van der Waals surface area contributed by atoms with Gasteiger partial charge in [0.25, 0.3) is 5.56 Å². The van der Waals surface area contributed by atoms with Crippen LogP contribution >= 0.6 is 11.6 Å². The van der Waals surface area contributed by atoms with Gasteiger partial charge < -0.3 is 5.32 Å². The first-order valence-electron chi connectivity index (χ1n) is 10.7. The number of aromatic amines is 1. The van der Waals surface area contributed by atoms with Crippen molar-refractivity contribution in [3.63, 3.8) is 0 Å². The van der Waals surface area contributed by atoms with E-state index in [9.17, 15) is 9.59 Å². The smallest absolute Gasteiger partial charge is 0.255 e. The lowest BCUT2D eigenvalue weighted by Gasteiger charge is -2.16. The van der Waals surface area contributed by atoms with Crippen LogP contribution in [-0.2, 0) is 23.1 Å². The number of aromatic nitrogens is 4. The number of carbonyl (C=O) groups excluding carboxylic acids is 1. The van der Waals surface area contributed by atoms with Crippen LogP contribution in [-0.4, -0.2) is 25.7 Å². The number of H-pyrrole nitrogens is 1. The van der Waals surface area contributed by atoms with Gasteiger partial charge in [0, 0.05) is 28.1 Å². The molecule has 0 saturated heterocycles. The van der Waals surface area contributed by atoms with Crippen molar-refractivity contribution < 1.29 is 4.79 Å². The van der Waals surface area contributed by atoms with Crippen molar-refractivity contribution in [3.8, 4) is 5.95 Å². The minimum atomic E-state index is -0.341. The maximum atomic E-state index is 12.7. The zero-order valence-electron chi connectivity index (χ0n) is 18.4. The van der Waals surface area contributed by atoms with E-state index in [1.54, 1.807) is 18.2 Å². The number of carbonyl (C=O) groups is 1. The van der Waals surface area contributed by atoms with Gasteiger partial charge in [-0.3, -0.25) is 14.6 Å². The molecule has 8 heteroatoms. The first-order valence-corrected chi connectivity index (χ1v) is 11.1. The Hall–Kier alpha value is -3.19. The van der Waals surface area contributed by atoms with Crippen LogP contribution in [0.2, 0.25) is 5.02 Å². The molecule has 0 fully saturated rings. The molecule has 0 spiro atoms. The van der Waals surface area contributed by atoms with Crippen molar-refractivity contribution in [3.05, 3.63) is 74.3 Å². The largest absolute Gasteiger partial charge is 0.307 e. The summed E-state index contributed by atoms with van der Waals surface area (Å²) in [5.41, 5.74) is 2.66. The van der Waals surface area contributed by atoms with E-state index in [0.717, 1.165) is 48.2 Å². The fourth-order valence-electron chi connectivity index (χ4n) is 3.63. The summed E-state index contributed by atoms with van der Waals surface area (Å²) in [6.45, 7) is 6.10. The molecule has 1 aromatic carbocycles. The molecule has 3 aromatic rings. The van der Waals surface area contributed by atoms with Crippen LogP contribution in [0, 0.1) is 0 Å². The number of anilines is 1. The fraction of sp³-hybridized carbons (Fsp3) is 0.333. The first kappa shape index (κ1) is 22.0. The number of nitrogens with one attached hydrogen (secondary N) is 2. The second-order valence-corrected chi connectivity index (χ2v) is 9.35. The number of hydrogen-bond donors (Lipinski definition) is 2. The van der Waals surface area contributed by atoms with Crippen LogP contribution in [0.4, 0.5) is 5.82 Å². The van der Waals surface area contributed by atoms with Crippen LogP contribution in [0.5, 0.6) is 0 Å². The molecule has 2 heterocycles. The Morgan fingerprint density at radius 3 is 2.72 bits per heavy atom. The highest BCUT2D eigenvalue weighted by Gasteiger charge is 2.23. The predicted octanol–water partition coefficient (Wildman–Crippen LogP) is 4.44. The maximum absolute atomic E-state index is 12.7. The Balaban J connectivity index is 1.69. The normalized spacial score (nSPS) is 13.9. The molecule has 7 nitrogen and oxygen atoms in total. The molecule has 0 unspecified atom stereocenters. The second kappa shape index (κ2) is 8.74. The van der Waals surface area contributed by atoms with E-state index >= 15 is 0 Å². The molecule has 1 aliphatic rings. The summed E-state index contributed by atoms with van der Waals surface area (Å²) in [6, 6.07) is 9.09. The van der Waals surface area contributed by atoms with E-state index in [1.165, 1.54) is 10.8 Å². The van der Waals surface area contributed by atoms with Gasteiger partial charge in [-0.2, -0.15) is 9.78 Å². The highest BCUT2D eigenvalue weighted by Crippen LogP contribution is 2.26. The van der Waals surface area contributed by atoms with Crippen LogP contribution in [0.1, 0.15) is 56.1 Å². The van der Waals surface area contributed by atoms with Gasteiger partial charge in [0.1, 0.15) is 5.82 Å². The number of aryl methyl sites for hydroxylation is 1. The number of halogens is 1. The summed E-state index contributed by atoms with van der Waals surface area (Å²) in [7, 11) is 0. The molecular formula is C24H26ClN5O2. The van der Waals surface area contributed by atoms with Crippen LogP contribution in [0.15, 0.2) is 41.2 Å². The Labute approximate surface area is 191 Å². The maximum Gasteiger partial charge on any atom is 0.255 e. The molecule has 2 aromatic heterocycles. The van der Waals surface area contributed by atoms with E-state index in [1.807, 2.05) is 39.0 Å². The third kappa shape index (κ3) is 4.67. The van der Waals surface area contributed by atoms with E-state index in [-0.39, 0.29) is 16.9 Å². The average molecular weight is 452 g/mol. The van der Waals surface area contributed by atoms with Gasteiger partial charge >= 0.3 is 0 Å². The monoisotopic (exact) mass is 451 g/mol. The highest BCUT2D eigenvalue weighted by molar-refractivity contribution is 6.32. The lowest BCUT2D eigenvalue weighted by molar-refractivity contribution is -0.111. The van der Waals surface area contributed by atoms with E-state index in [4.69, 9.17) is 11.6 Å². The fourth-order valence-corrected chi connectivity index (χ4v) is 3.83. The summed E-state index contributed by atoms with van der Waals surface area (Å²) < 4.78 is 1.50. The number of benzene rings is 1. The van der Waals surface area contributed by atoms with E-state index < -0.39 is 0 Å². The summed E-state index contributed by atoms with van der Waals surface area (Å²) in [4.78, 5) is 32.8. The molecule has 0 bridgehead atoms. The number of rotatable bonds is 4. The zero-order chi connectivity index (χ0) is 22.9. The van der Waals surface area contributed by atoms with Crippen LogP contribution in [0.25, 0.3) is 12.0 Å². The molecule has 32 heavy (non-hydrogen) atoms. The van der Waals surface area contributed by atoms with Crippen molar-refractivity contribution in [2.45, 2.75) is 51.9 Å². The number of amides is 1. The lowest BCUT2D eigenvalue weighted by atomic mass is 9.92. The summed E-state index contributed by atoms with van der Waals surface area (Å²) >= 11 is 6.16. The van der Waals surface area contributed by atoms with Crippen molar-refractivity contribution in [1.82, 2.24) is 19.7 Å². The number of nitrogens with zero attached hydrogens (tertiary/aromatic N) is 3. The Morgan fingerprint density at radius 2 is 1.97 bits per heavy atom. The minimum absolute atomic E-state index is 0.145. The Morgan fingerprint density at radius 1 is 1.22 bits per heavy atom. The van der Waals surface area contributed by atoms with Gasteiger partial charge in [-0.05, 0) is 43.4 Å². The zero-order valence-corrected chi connectivity index (χ0v) is 19.2. The average Bonchev–Trinajstić information content (AvgIpc) is 3.17. The van der Waals surface area contributed by atoms with E-state index in [2.05, 4.69) is 20.4 Å². The first-order chi connectivity index (χ1) is 15.2. The van der Waals surface area contributed by atoms with Crippen molar-refractivity contribution in [1.29, 1.82) is 0 Å². The summed E-state index contributed by atoms with van der Waals surface area (Å²) in [5.74, 6) is 0.394. The molecule has 2 N–H and O–H groups in total. The molecule has 4 rings (SSSR count). The highest BCUT2D eigenvalue weighted by atomic mass is 35.5. The quantitative estimate of drug-likeness (QED) is 0.573. The molecule has 0 saturated carbocycles. The summed E-state index contributed by atoms with van der Waals surface area (Å²) in [6.07, 6.45) is 6.57. The molecule has 166 valence electrons. The Bertz CT molecular complexity index is 1250. The minimum Gasteiger partial charge on any atom is -0.307 e. The lowest BCUT2D eigenvalue weighted by Crippen LogP contribution is -2.24. The van der Waals surface area contributed by atoms with Crippen LogP contribution < -0.4 is 10.9 Å². The molecule has 0 radical (unpaired) electrons. The third-order valence-electron chi connectivity index (χ3n) is 5.43. The molecular weight excluding hydrogens is 426 g/mol. The van der Waals surface area contributed by atoms with Crippen molar-refractivity contribution >= 4 is 29.4 Å². The van der Waals surface area contributed by atoms with Gasteiger partial charge in [0.2, 0.25) is 11.9 Å². The van der Waals surface area contributed by atoms with Gasteiger partial charge in [0.15, 0.2) is 0 Å². The second-order valence-electron chi connectivity index (χ2n) is 8.94. The van der Waals surface area contributed by atoms with Crippen molar-refractivity contribution in [2.24, 2.45) is 0 Å². The van der Waals surface area contributed by atoms with E-state index in [0.29, 0.717) is 16.8 Å². The van der Waals surface area contributed by atoms with Gasteiger partial charge in [-0.1, -0.05) is 50.6 Å². The molecule has 0 atom stereocenters. The standard InChI is InChI=1S/C24H26ClN5O2/c1-24(2,3)19-14-20(27-21(31)13-12-15-8-4-6-10-17(15)25)30(29-19)23-26-18-11-7-5-9-16(18)22(32)28-23/h4,6,8,10,12-14H,5,7,9,11H2,1-3H3,(H,27,31)(H,26,28,32)/b13-12+. The molecule has 1 amide bonds. The van der Waals surface area contributed by atoms with Gasteiger partial charge in [-0.15, -0.1) is 0 Å². The number of fused-ring (bicyclic) bond motifs is 1. The van der Waals surface area contributed by atoms with Gasteiger partial charge in [0.05, 0.1) is 11.4 Å². The van der Waals surface area contributed by atoms with Crippen molar-refractivity contribution in [2.75, 3.05) is 5.32 Å². The summed E-state index contributed by atoms with van der Waals surface area (Å²) in [5, 5.41) is 8.07. The van der Waals surface area contributed by atoms with Gasteiger partial charge in [-0.25, -0.2) is 4.98 Å². The molecule has 0 aliphatic heterocycles. The molecule has 1 aliphatic carbocycles.